The van der Waals surface area contributed by atoms with Gasteiger partial charge in [0.25, 0.3) is 0 Å². The number of hydrogen-bond acceptors (Lipinski definition) is 4. The lowest BCUT2D eigenvalue weighted by Gasteiger charge is -2.05. The normalized spacial score (nSPS) is 10.3. The molecule has 1 N–H and O–H groups in total. The fourth-order valence-corrected chi connectivity index (χ4v) is 2.06. The van der Waals surface area contributed by atoms with Gasteiger partial charge in [-0.1, -0.05) is 13.0 Å². The highest BCUT2D eigenvalue weighted by Crippen LogP contribution is 2.12. The fraction of sp³-hybridized carbons (Fsp3) is 0.333. The topological polar surface area (TPSA) is 37.8 Å². The van der Waals surface area contributed by atoms with E-state index in [0.717, 1.165) is 35.9 Å². The molecule has 0 spiro atoms. The lowest BCUT2D eigenvalue weighted by molar-refractivity contribution is 0.959. The van der Waals surface area contributed by atoms with Crippen LogP contribution >= 0.6 is 11.3 Å². The molecule has 0 aliphatic carbocycles. The van der Waals surface area contributed by atoms with Crippen molar-refractivity contribution in [3.63, 3.8) is 0 Å². The summed E-state index contributed by atoms with van der Waals surface area (Å²) in [7, 11) is 0. The maximum atomic E-state index is 4.54. The van der Waals surface area contributed by atoms with Crippen LogP contribution in [0.1, 0.15) is 24.0 Å². The third-order valence-electron chi connectivity index (χ3n) is 2.18. The number of nitrogens with zero attached hydrogens (tertiary/aromatic N) is 2. The number of thiazole rings is 1. The first kappa shape index (κ1) is 11.1. The standard InChI is InChI=1S/C12H15N3S/c1-2-6-13-11-5-3-4-10(15-11)9-12-14-7-8-16-12/h3-5,7-8H,2,6,9H2,1H3,(H,13,15). The first-order chi connectivity index (χ1) is 7.88. The summed E-state index contributed by atoms with van der Waals surface area (Å²) in [6.07, 6.45) is 3.76. The highest BCUT2D eigenvalue weighted by molar-refractivity contribution is 7.09. The molecule has 2 rings (SSSR count). The second-order valence-electron chi connectivity index (χ2n) is 3.54. The highest BCUT2D eigenvalue weighted by Gasteiger charge is 2.01. The molecular formula is C12H15N3S. The van der Waals surface area contributed by atoms with Crippen molar-refractivity contribution in [2.24, 2.45) is 0 Å². The summed E-state index contributed by atoms with van der Waals surface area (Å²) >= 11 is 1.67. The molecule has 0 aliphatic rings. The van der Waals surface area contributed by atoms with Gasteiger partial charge in [0.2, 0.25) is 0 Å². The number of hydrogen-bond donors (Lipinski definition) is 1. The molecule has 0 aliphatic heterocycles. The molecule has 0 unspecified atom stereocenters. The Morgan fingerprint density at radius 1 is 1.38 bits per heavy atom. The van der Waals surface area contributed by atoms with E-state index in [2.05, 4.69) is 22.2 Å². The largest absolute Gasteiger partial charge is 0.370 e. The monoisotopic (exact) mass is 233 g/mol. The molecule has 0 radical (unpaired) electrons. The van der Waals surface area contributed by atoms with Crippen LogP contribution in [0.3, 0.4) is 0 Å². The molecule has 2 heterocycles. The van der Waals surface area contributed by atoms with Crippen LogP contribution in [-0.2, 0) is 6.42 Å². The molecule has 0 saturated carbocycles. The zero-order chi connectivity index (χ0) is 11.2. The van der Waals surface area contributed by atoms with Gasteiger partial charge in [0.05, 0.1) is 5.01 Å². The predicted molar refractivity (Wildman–Crippen MR) is 67.9 cm³/mol. The van der Waals surface area contributed by atoms with Crippen LogP contribution in [0.5, 0.6) is 0 Å². The van der Waals surface area contributed by atoms with Gasteiger partial charge < -0.3 is 5.32 Å². The molecule has 3 nitrogen and oxygen atoms in total. The van der Waals surface area contributed by atoms with Crippen molar-refractivity contribution in [1.29, 1.82) is 0 Å². The van der Waals surface area contributed by atoms with E-state index in [1.54, 1.807) is 11.3 Å². The average molecular weight is 233 g/mol. The van der Waals surface area contributed by atoms with E-state index in [-0.39, 0.29) is 0 Å². The molecule has 4 heteroatoms. The van der Waals surface area contributed by atoms with E-state index in [1.807, 2.05) is 29.8 Å². The zero-order valence-electron chi connectivity index (χ0n) is 9.31. The van der Waals surface area contributed by atoms with Crippen LogP contribution < -0.4 is 5.32 Å². The van der Waals surface area contributed by atoms with E-state index >= 15 is 0 Å². The average Bonchev–Trinajstić information content (AvgIpc) is 2.80. The molecule has 0 fully saturated rings. The van der Waals surface area contributed by atoms with E-state index in [0.29, 0.717) is 0 Å². The van der Waals surface area contributed by atoms with Gasteiger partial charge in [-0.2, -0.15) is 0 Å². The van der Waals surface area contributed by atoms with Crippen molar-refractivity contribution >= 4 is 17.2 Å². The fourth-order valence-electron chi connectivity index (χ4n) is 1.42. The van der Waals surface area contributed by atoms with Gasteiger partial charge in [0.15, 0.2) is 0 Å². The third kappa shape index (κ3) is 3.03. The highest BCUT2D eigenvalue weighted by atomic mass is 32.1. The maximum absolute atomic E-state index is 4.54. The summed E-state index contributed by atoms with van der Waals surface area (Å²) in [6, 6.07) is 6.08. The molecule has 16 heavy (non-hydrogen) atoms. The Hall–Kier alpha value is -1.42. The van der Waals surface area contributed by atoms with Crippen LogP contribution in [0.25, 0.3) is 0 Å². The van der Waals surface area contributed by atoms with Crippen molar-refractivity contribution < 1.29 is 0 Å². The third-order valence-corrected chi connectivity index (χ3v) is 2.96. The first-order valence-corrected chi connectivity index (χ1v) is 6.34. The Morgan fingerprint density at radius 2 is 2.31 bits per heavy atom. The van der Waals surface area contributed by atoms with E-state index in [9.17, 15) is 0 Å². The number of aromatic nitrogens is 2. The van der Waals surface area contributed by atoms with Crippen molar-refractivity contribution in [3.8, 4) is 0 Å². The molecular weight excluding hydrogens is 218 g/mol. The summed E-state index contributed by atoms with van der Waals surface area (Å²) in [6.45, 7) is 3.11. The summed E-state index contributed by atoms with van der Waals surface area (Å²) < 4.78 is 0. The molecule has 0 aromatic carbocycles. The lowest BCUT2D eigenvalue weighted by Crippen LogP contribution is -2.03. The van der Waals surface area contributed by atoms with Crippen LogP contribution in [0, 0.1) is 0 Å². The maximum Gasteiger partial charge on any atom is 0.126 e. The Bertz CT molecular complexity index is 426. The van der Waals surface area contributed by atoms with Gasteiger partial charge >= 0.3 is 0 Å². The van der Waals surface area contributed by atoms with Gasteiger partial charge in [0, 0.05) is 30.2 Å². The van der Waals surface area contributed by atoms with E-state index in [1.165, 1.54) is 0 Å². The quantitative estimate of drug-likeness (QED) is 0.862. The van der Waals surface area contributed by atoms with Gasteiger partial charge in [-0.05, 0) is 18.6 Å². The Morgan fingerprint density at radius 3 is 3.06 bits per heavy atom. The minimum Gasteiger partial charge on any atom is -0.370 e. The molecule has 2 aromatic heterocycles. The van der Waals surface area contributed by atoms with E-state index < -0.39 is 0 Å². The zero-order valence-corrected chi connectivity index (χ0v) is 10.1. The van der Waals surface area contributed by atoms with E-state index in [4.69, 9.17) is 0 Å². The summed E-state index contributed by atoms with van der Waals surface area (Å²) in [5.74, 6) is 0.955. The molecule has 0 atom stereocenters. The summed E-state index contributed by atoms with van der Waals surface area (Å²) in [5.41, 5.74) is 1.07. The second kappa shape index (κ2) is 5.61. The SMILES string of the molecule is CCCNc1cccc(Cc2nccs2)n1. The molecule has 84 valence electrons. The number of anilines is 1. The predicted octanol–water partition coefficient (Wildman–Crippen LogP) is 2.95. The Kier molecular flexibility index (Phi) is 3.88. The number of rotatable bonds is 5. The van der Waals surface area contributed by atoms with Crippen LogP contribution in [0.4, 0.5) is 5.82 Å². The number of pyridine rings is 1. The van der Waals surface area contributed by atoms with Gasteiger partial charge in [0.1, 0.15) is 5.82 Å². The van der Waals surface area contributed by atoms with Crippen LogP contribution in [0.2, 0.25) is 0 Å². The minimum absolute atomic E-state index is 0.819. The summed E-state index contributed by atoms with van der Waals surface area (Å²) in [4.78, 5) is 8.80. The van der Waals surface area contributed by atoms with Gasteiger partial charge in [-0.15, -0.1) is 11.3 Å². The second-order valence-corrected chi connectivity index (χ2v) is 4.52. The molecule has 2 aromatic rings. The van der Waals surface area contributed by atoms with Crippen molar-refractivity contribution in [2.45, 2.75) is 19.8 Å². The minimum atomic E-state index is 0.819. The smallest absolute Gasteiger partial charge is 0.126 e. The van der Waals surface area contributed by atoms with Gasteiger partial charge in [-0.3, -0.25) is 0 Å². The Balaban J connectivity index is 2.04. The molecule has 0 saturated heterocycles. The van der Waals surface area contributed by atoms with Crippen molar-refractivity contribution in [2.75, 3.05) is 11.9 Å². The molecule has 0 bridgehead atoms. The summed E-state index contributed by atoms with van der Waals surface area (Å²) in [5, 5.41) is 6.39. The van der Waals surface area contributed by atoms with Crippen molar-refractivity contribution in [3.05, 3.63) is 40.5 Å². The first-order valence-electron chi connectivity index (χ1n) is 5.46. The van der Waals surface area contributed by atoms with Crippen molar-refractivity contribution in [1.82, 2.24) is 9.97 Å². The molecule has 0 amide bonds. The lowest BCUT2D eigenvalue weighted by atomic mass is 10.3. The van der Waals surface area contributed by atoms with Gasteiger partial charge in [-0.25, -0.2) is 9.97 Å². The Labute approximate surface area is 99.6 Å². The number of nitrogens with one attached hydrogen (secondary N) is 1. The van der Waals surface area contributed by atoms with Crippen LogP contribution in [0.15, 0.2) is 29.8 Å². The van der Waals surface area contributed by atoms with Crippen LogP contribution in [-0.4, -0.2) is 16.5 Å².